The number of nitrogens with one attached hydrogen (secondary N) is 2. The molecule has 1 aliphatic rings. The Morgan fingerprint density at radius 1 is 1.06 bits per heavy atom. The zero-order valence-corrected chi connectivity index (χ0v) is 22.4. The van der Waals surface area contributed by atoms with Gasteiger partial charge >= 0.3 is 0 Å². The summed E-state index contributed by atoms with van der Waals surface area (Å²) in [6, 6.07) is 8.24. The number of hydrogen-bond donors (Lipinski definition) is 2. The van der Waals surface area contributed by atoms with Crippen molar-refractivity contribution in [2.75, 3.05) is 57.5 Å². The molecule has 4 rings (SSSR count). The Hall–Kier alpha value is -2.86. The van der Waals surface area contributed by atoms with E-state index in [1.807, 2.05) is 40.0 Å². The summed E-state index contributed by atoms with van der Waals surface area (Å²) in [4.78, 5) is 12.1. The summed E-state index contributed by atoms with van der Waals surface area (Å²) in [5.41, 5.74) is 5.43. The third-order valence-electron chi connectivity index (χ3n) is 6.46. The van der Waals surface area contributed by atoms with E-state index >= 15 is 0 Å². The highest BCUT2D eigenvalue weighted by atomic mass is 32.2. The summed E-state index contributed by atoms with van der Waals surface area (Å²) < 4.78 is 31.0. The Kier molecular flexibility index (Phi) is 8.04. The average molecular weight is 514 g/mol. The number of benzene rings is 1. The molecule has 1 saturated heterocycles. The SMILES string of the molecule is CNCCNCc1cccc(-c2nc(-c3c(C)noc3C)c(C)c(N3CCN(S(C)(=O)=O)CC3)n2)c1. The molecule has 0 saturated carbocycles. The van der Waals surface area contributed by atoms with E-state index in [1.165, 1.54) is 10.6 Å². The molecule has 0 radical (unpaired) electrons. The quantitative estimate of drug-likeness (QED) is 0.415. The van der Waals surface area contributed by atoms with Gasteiger partial charge in [0, 0.05) is 56.9 Å². The topological polar surface area (TPSA) is 116 Å². The molecule has 194 valence electrons. The fourth-order valence-electron chi connectivity index (χ4n) is 4.50. The van der Waals surface area contributed by atoms with Gasteiger partial charge in [0.15, 0.2) is 5.82 Å². The summed E-state index contributed by atoms with van der Waals surface area (Å²) in [6.45, 7) is 10.3. The predicted octanol–water partition coefficient (Wildman–Crippen LogP) is 2.11. The Labute approximate surface area is 213 Å². The van der Waals surface area contributed by atoms with Crippen molar-refractivity contribution in [2.45, 2.75) is 27.3 Å². The third-order valence-corrected chi connectivity index (χ3v) is 7.77. The molecule has 3 aromatic rings. The summed E-state index contributed by atoms with van der Waals surface area (Å²) in [7, 11) is -1.28. The van der Waals surface area contributed by atoms with Crippen LogP contribution in [0, 0.1) is 20.8 Å². The van der Waals surface area contributed by atoms with Crippen molar-refractivity contribution in [3.05, 3.63) is 46.8 Å². The van der Waals surface area contributed by atoms with Crippen molar-refractivity contribution in [3.63, 3.8) is 0 Å². The first-order valence-electron chi connectivity index (χ1n) is 12.2. The molecule has 3 heterocycles. The average Bonchev–Trinajstić information content (AvgIpc) is 3.19. The first-order chi connectivity index (χ1) is 17.2. The number of rotatable bonds is 9. The summed E-state index contributed by atoms with van der Waals surface area (Å²) >= 11 is 0. The second-order valence-electron chi connectivity index (χ2n) is 9.17. The molecule has 1 aliphatic heterocycles. The van der Waals surface area contributed by atoms with Crippen LogP contribution in [-0.2, 0) is 16.6 Å². The minimum Gasteiger partial charge on any atom is -0.361 e. The Morgan fingerprint density at radius 3 is 2.44 bits per heavy atom. The lowest BCUT2D eigenvalue weighted by Gasteiger charge is -2.35. The number of anilines is 1. The van der Waals surface area contributed by atoms with E-state index in [-0.39, 0.29) is 0 Å². The number of aryl methyl sites for hydroxylation is 2. The van der Waals surface area contributed by atoms with Crippen LogP contribution in [-0.4, -0.2) is 80.4 Å². The van der Waals surface area contributed by atoms with Crippen LogP contribution in [0.4, 0.5) is 5.82 Å². The van der Waals surface area contributed by atoms with Crippen molar-refractivity contribution < 1.29 is 12.9 Å². The maximum absolute atomic E-state index is 12.0. The first kappa shape index (κ1) is 26.2. The van der Waals surface area contributed by atoms with Crippen LogP contribution >= 0.6 is 0 Å². The molecule has 36 heavy (non-hydrogen) atoms. The van der Waals surface area contributed by atoms with Gasteiger partial charge in [-0.1, -0.05) is 23.4 Å². The zero-order chi connectivity index (χ0) is 25.9. The molecular weight excluding hydrogens is 478 g/mol. The fraction of sp³-hybridized carbons (Fsp3) is 0.480. The number of likely N-dealkylation sites (N-methyl/N-ethyl adjacent to an activating group) is 1. The lowest BCUT2D eigenvalue weighted by molar-refractivity contribution is 0.386. The Balaban J connectivity index is 1.74. The highest BCUT2D eigenvalue weighted by Crippen LogP contribution is 2.34. The minimum atomic E-state index is -3.22. The van der Waals surface area contributed by atoms with Gasteiger partial charge in [0.2, 0.25) is 10.0 Å². The van der Waals surface area contributed by atoms with Crippen molar-refractivity contribution in [2.24, 2.45) is 0 Å². The van der Waals surface area contributed by atoms with Gasteiger partial charge in [-0.3, -0.25) is 0 Å². The molecule has 1 fully saturated rings. The summed E-state index contributed by atoms with van der Waals surface area (Å²) in [6.07, 6.45) is 1.26. The van der Waals surface area contributed by atoms with E-state index in [0.29, 0.717) is 37.8 Å². The van der Waals surface area contributed by atoms with Gasteiger partial charge in [-0.2, -0.15) is 4.31 Å². The van der Waals surface area contributed by atoms with E-state index in [4.69, 9.17) is 14.5 Å². The molecule has 0 aliphatic carbocycles. The van der Waals surface area contributed by atoms with Crippen molar-refractivity contribution in [3.8, 4) is 22.6 Å². The predicted molar refractivity (Wildman–Crippen MR) is 141 cm³/mol. The van der Waals surface area contributed by atoms with Gasteiger partial charge in [0.25, 0.3) is 0 Å². The standard InChI is InChI=1S/C25H35N7O3S/c1-17-23(22-18(2)30-35-19(22)3)28-24(21-8-6-7-20(15-21)16-27-10-9-26-4)29-25(17)31-11-13-32(14-12-31)36(5,33)34/h6-8,15,26-27H,9-14,16H2,1-5H3. The van der Waals surface area contributed by atoms with E-state index < -0.39 is 10.0 Å². The van der Waals surface area contributed by atoms with Crippen molar-refractivity contribution in [1.82, 2.24) is 30.1 Å². The number of piperazine rings is 1. The molecule has 11 heteroatoms. The highest BCUT2D eigenvalue weighted by Gasteiger charge is 2.27. The molecule has 0 bridgehead atoms. The summed E-state index contributed by atoms with van der Waals surface area (Å²) in [5, 5.41) is 10.7. The van der Waals surface area contributed by atoms with Crippen molar-refractivity contribution in [1.29, 1.82) is 0 Å². The Bertz CT molecular complexity index is 1300. The number of nitrogens with zero attached hydrogens (tertiary/aromatic N) is 5. The molecule has 0 atom stereocenters. The number of aromatic nitrogens is 3. The number of hydrogen-bond acceptors (Lipinski definition) is 9. The van der Waals surface area contributed by atoms with Gasteiger partial charge in [-0.25, -0.2) is 18.4 Å². The molecule has 2 N–H and O–H groups in total. The lowest BCUT2D eigenvalue weighted by Crippen LogP contribution is -2.48. The van der Waals surface area contributed by atoms with E-state index in [2.05, 4.69) is 32.8 Å². The maximum atomic E-state index is 12.0. The molecular formula is C25H35N7O3S. The van der Waals surface area contributed by atoms with Crippen LogP contribution in [0.25, 0.3) is 22.6 Å². The van der Waals surface area contributed by atoms with Crippen LogP contribution in [0.15, 0.2) is 28.8 Å². The normalized spacial score (nSPS) is 15.0. The zero-order valence-electron chi connectivity index (χ0n) is 21.6. The molecule has 2 aromatic heterocycles. The minimum absolute atomic E-state index is 0.423. The molecule has 0 spiro atoms. The molecule has 10 nitrogen and oxygen atoms in total. The molecule has 0 unspecified atom stereocenters. The van der Waals surface area contributed by atoms with Gasteiger partial charge < -0.3 is 20.1 Å². The smallest absolute Gasteiger partial charge is 0.211 e. The highest BCUT2D eigenvalue weighted by molar-refractivity contribution is 7.88. The van der Waals surface area contributed by atoms with Crippen LogP contribution in [0.5, 0.6) is 0 Å². The fourth-order valence-corrected chi connectivity index (χ4v) is 5.33. The second kappa shape index (κ2) is 11.0. The van der Waals surface area contributed by atoms with E-state index in [9.17, 15) is 8.42 Å². The lowest BCUT2D eigenvalue weighted by atomic mass is 10.0. The third kappa shape index (κ3) is 5.75. The summed E-state index contributed by atoms with van der Waals surface area (Å²) in [5.74, 6) is 2.13. The van der Waals surface area contributed by atoms with E-state index in [0.717, 1.165) is 59.1 Å². The largest absolute Gasteiger partial charge is 0.361 e. The van der Waals surface area contributed by atoms with Crippen LogP contribution < -0.4 is 15.5 Å². The van der Waals surface area contributed by atoms with Crippen LogP contribution in [0.2, 0.25) is 0 Å². The van der Waals surface area contributed by atoms with E-state index in [1.54, 1.807) is 0 Å². The molecule has 0 amide bonds. The number of sulfonamides is 1. The second-order valence-corrected chi connectivity index (χ2v) is 11.2. The van der Waals surface area contributed by atoms with Crippen LogP contribution in [0.3, 0.4) is 0 Å². The van der Waals surface area contributed by atoms with Crippen LogP contribution in [0.1, 0.15) is 22.6 Å². The van der Waals surface area contributed by atoms with Gasteiger partial charge in [0.1, 0.15) is 11.6 Å². The van der Waals surface area contributed by atoms with Gasteiger partial charge in [-0.05, 0) is 39.4 Å². The monoisotopic (exact) mass is 513 g/mol. The Morgan fingerprint density at radius 2 is 1.81 bits per heavy atom. The van der Waals surface area contributed by atoms with Crippen molar-refractivity contribution >= 4 is 15.8 Å². The van der Waals surface area contributed by atoms with Gasteiger partial charge in [-0.15, -0.1) is 0 Å². The van der Waals surface area contributed by atoms with Gasteiger partial charge in [0.05, 0.1) is 23.2 Å². The first-order valence-corrected chi connectivity index (χ1v) is 14.0. The maximum Gasteiger partial charge on any atom is 0.211 e. The molecule has 1 aromatic carbocycles.